The molecule has 1 aromatic carbocycles. The molecule has 0 saturated heterocycles. The smallest absolute Gasteiger partial charge is 0.337 e. The molecule has 0 heterocycles. The molecule has 0 radical (unpaired) electrons. The molecule has 1 N–H and O–H groups in total. The normalized spacial score (nSPS) is 16.6. The Hall–Kier alpha value is -1.22. The summed E-state index contributed by atoms with van der Waals surface area (Å²) in [5.41, 5.74) is 1.16. The number of carboxylic acid groups (broad SMARTS) is 1. The van der Waals surface area contributed by atoms with Crippen LogP contribution >= 0.6 is 11.6 Å². The van der Waals surface area contributed by atoms with Gasteiger partial charge in [0.25, 0.3) is 0 Å². The molecule has 0 atom stereocenters. The van der Waals surface area contributed by atoms with E-state index in [0.29, 0.717) is 11.1 Å². The third-order valence-corrected chi connectivity index (χ3v) is 4.03. The van der Waals surface area contributed by atoms with Crippen molar-refractivity contribution in [1.82, 2.24) is 0 Å². The summed E-state index contributed by atoms with van der Waals surface area (Å²) in [7, 11) is 2.06. The van der Waals surface area contributed by atoms with Crippen LogP contribution in [0.3, 0.4) is 0 Å². The number of carboxylic acids is 1. The molecule has 0 amide bonds. The van der Waals surface area contributed by atoms with Gasteiger partial charge in [-0.05, 0) is 31.0 Å². The molecule has 3 nitrogen and oxygen atoms in total. The minimum atomic E-state index is -0.980. The molecule has 1 fully saturated rings. The molecular weight excluding hydrogens is 250 g/mol. The number of anilines is 1. The lowest BCUT2D eigenvalue weighted by molar-refractivity contribution is 0.0697. The summed E-state index contributed by atoms with van der Waals surface area (Å²) in [4.78, 5) is 13.1. The monoisotopic (exact) mass is 267 g/mol. The predicted molar refractivity (Wildman–Crippen MR) is 73.7 cm³/mol. The van der Waals surface area contributed by atoms with Crippen LogP contribution in [0.4, 0.5) is 5.69 Å². The van der Waals surface area contributed by atoms with Crippen molar-refractivity contribution < 1.29 is 9.90 Å². The van der Waals surface area contributed by atoms with Gasteiger partial charge in [-0.3, -0.25) is 0 Å². The van der Waals surface area contributed by atoms with Crippen LogP contribution in [0, 0.1) is 0 Å². The van der Waals surface area contributed by atoms with Crippen LogP contribution < -0.4 is 4.90 Å². The highest BCUT2D eigenvalue weighted by molar-refractivity contribution is 6.33. The Morgan fingerprint density at radius 3 is 2.56 bits per heavy atom. The molecule has 0 spiro atoms. The van der Waals surface area contributed by atoms with E-state index in [1.165, 1.54) is 32.1 Å². The number of benzene rings is 1. The molecule has 2 rings (SSSR count). The van der Waals surface area contributed by atoms with Crippen molar-refractivity contribution in [3.05, 3.63) is 28.8 Å². The number of carbonyl (C=O) groups is 1. The zero-order valence-electron chi connectivity index (χ0n) is 10.5. The Bertz CT molecular complexity index is 441. The van der Waals surface area contributed by atoms with Crippen LogP contribution in [0.5, 0.6) is 0 Å². The minimum Gasteiger partial charge on any atom is -0.478 e. The number of rotatable bonds is 3. The maximum Gasteiger partial charge on any atom is 0.337 e. The molecule has 1 saturated carbocycles. The van der Waals surface area contributed by atoms with Crippen molar-refractivity contribution in [3.8, 4) is 0 Å². The quantitative estimate of drug-likeness (QED) is 0.905. The first kappa shape index (κ1) is 13.2. The van der Waals surface area contributed by atoms with E-state index in [4.69, 9.17) is 16.7 Å². The number of nitrogens with zero attached hydrogens (tertiary/aromatic N) is 1. The van der Waals surface area contributed by atoms with Gasteiger partial charge in [0.2, 0.25) is 0 Å². The second-order valence-electron chi connectivity index (χ2n) is 4.87. The van der Waals surface area contributed by atoms with E-state index in [1.807, 2.05) is 6.07 Å². The standard InChI is InChI=1S/C14H18ClNO2/c1-16(10-5-3-2-4-6-10)11-7-8-12(14(17)18)13(15)9-11/h7-10H,2-6H2,1H3,(H,17,18). The SMILES string of the molecule is CN(c1ccc(C(=O)O)c(Cl)c1)C1CCCCC1. The molecule has 18 heavy (non-hydrogen) atoms. The van der Waals surface area contributed by atoms with E-state index in [9.17, 15) is 4.79 Å². The number of hydrogen-bond acceptors (Lipinski definition) is 2. The van der Waals surface area contributed by atoms with Gasteiger partial charge in [0, 0.05) is 18.8 Å². The summed E-state index contributed by atoms with van der Waals surface area (Å²) in [6, 6.07) is 5.72. The summed E-state index contributed by atoms with van der Waals surface area (Å²) in [6.45, 7) is 0. The summed E-state index contributed by atoms with van der Waals surface area (Å²) in [5.74, 6) is -0.980. The largest absolute Gasteiger partial charge is 0.478 e. The first-order valence-electron chi connectivity index (χ1n) is 6.35. The molecule has 1 aromatic rings. The molecule has 0 bridgehead atoms. The highest BCUT2D eigenvalue weighted by Crippen LogP contribution is 2.29. The lowest BCUT2D eigenvalue weighted by atomic mass is 9.94. The molecule has 4 heteroatoms. The van der Waals surface area contributed by atoms with Crippen LogP contribution in [-0.4, -0.2) is 24.2 Å². The lowest BCUT2D eigenvalue weighted by Gasteiger charge is -2.33. The molecule has 0 unspecified atom stereocenters. The first-order chi connectivity index (χ1) is 8.59. The van der Waals surface area contributed by atoms with Crippen LogP contribution in [0.25, 0.3) is 0 Å². The van der Waals surface area contributed by atoms with E-state index < -0.39 is 5.97 Å². The van der Waals surface area contributed by atoms with Crippen molar-refractivity contribution in [1.29, 1.82) is 0 Å². The Morgan fingerprint density at radius 1 is 1.33 bits per heavy atom. The Kier molecular flexibility index (Phi) is 4.12. The summed E-state index contributed by atoms with van der Waals surface area (Å²) in [6.07, 6.45) is 6.28. The highest BCUT2D eigenvalue weighted by Gasteiger charge is 2.19. The Labute approximate surface area is 112 Å². The van der Waals surface area contributed by atoms with E-state index >= 15 is 0 Å². The zero-order valence-corrected chi connectivity index (χ0v) is 11.3. The maximum atomic E-state index is 10.9. The van der Waals surface area contributed by atoms with Gasteiger partial charge in [0.15, 0.2) is 0 Å². The molecule has 1 aliphatic carbocycles. The van der Waals surface area contributed by atoms with Crippen molar-refractivity contribution in [2.45, 2.75) is 38.1 Å². The summed E-state index contributed by atoms with van der Waals surface area (Å²) < 4.78 is 0. The van der Waals surface area contributed by atoms with Crippen molar-refractivity contribution in [2.75, 3.05) is 11.9 Å². The minimum absolute atomic E-state index is 0.164. The number of aromatic carboxylic acids is 1. The number of halogens is 1. The van der Waals surface area contributed by atoms with Gasteiger partial charge < -0.3 is 10.0 Å². The van der Waals surface area contributed by atoms with Gasteiger partial charge in [-0.25, -0.2) is 4.79 Å². The molecule has 0 aromatic heterocycles. The fourth-order valence-corrected chi connectivity index (χ4v) is 2.83. The fraction of sp³-hybridized carbons (Fsp3) is 0.500. The second kappa shape index (κ2) is 5.61. The van der Waals surface area contributed by atoms with Gasteiger partial charge in [0.05, 0.1) is 10.6 Å². The van der Waals surface area contributed by atoms with E-state index in [-0.39, 0.29) is 5.56 Å². The third kappa shape index (κ3) is 2.78. The zero-order chi connectivity index (χ0) is 13.1. The Balaban J connectivity index is 2.17. The van der Waals surface area contributed by atoms with Gasteiger partial charge in [-0.15, -0.1) is 0 Å². The van der Waals surface area contributed by atoms with Crippen molar-refractivity contribution >= 4 is 23.3 Å². The average molecular weight is 268 g/mol. The second-order valence-corrected chi connectivity index (χ2v) is 5.28. The fourth-order valence-electron chi connectivity index (χ4n) is 2.58. The predicted octanol–water partition coefficient (Wildman–Crippen LogP) is 3.81. The van der Waals surface area contributed by atoms with Crippen LogP contribution in [-0.2, 0) is 0 Å². The first-order valence-corrected chi connectivity index (χ1v) is 6.73. The number of hydrogen-bond donors (Lipinski definition) is 1. The molecule has 1 aliphatic rings. The maximum absolute atomic E-state index is 10.9. The van der Waals surface area contributed by atoms with Crippen LogP contribution in [0.15, 0.2) is 18.2 Å². The van der Waals surface area contributed by atoms with E-state index in [0.717, 1.165) is 5.69 Å². The molecule has 98 valence electrons. The summed E-state index contributed by atoms with van der Waals surface area (Å²) in [5, 5.41) is 9.25. The lowest BCUT2D eigenvalue weighted by Crippen LogP contribution is -2.33. The third-order valence-electron chi connectivity index (χ3n) is 3.71. The van der Waals surface area contributed by atoms with Crippen LogP contribution in [0.2, 0.25) is 5.02 Å². The van der Waals surface area contributed by atoms with Crippen molar-refractivity contribution in [2.24, 2.45) is 0 Å². The van der Waals surface area contributed by atoms with E-state index in [2.05, 4.69) is 11.9 Å². The van der Waals surface area contributed by atoms with Crippen LogP contribution in [0.1, 0.15) is 42.5 Å². The van der Waals surface area contributed by atoms with Gasteiger partial charge in [-0.1, -0.05) is 30.9 Å². The molecule has 0 aliphatic heterocycles. The van der Waals surface area contributed by atoms with Gasteiger partial charge >= 0.3 is 5.97 Å². The topological polar surface area (TPSA) is 40.5 Å². The summed E-state index contributed by atoms with van der Waals surface area (Å²) >= 11 is 6.00. The van der Waals surface area contributed by atoms with Gasteiger partial charge in [0.1, 0.15) is 0 Å². The Morgan fingerprint density at radius 2 is 2.00 bits per heavy atom. The van der Waals surface area contributed by atoms with E-state index in [1.54, 1.807) is 12.1 Å². The molecular formula is C14H18ClNO2. The van der Waals surface area contributed by atoms with Gasteiger partial charge in [-0.2, -0.15) is 0 Å². The highest BCUT2D eigenvalue weighted by atomic mass is 35.5. The average Bonchev–Trinajstić information content (AvgIpc) is 2.38. The van der Waals surface area contributed by atoms with Crippen molar-refractivity contribution in [3.63, 3.8) is 0 Å².